The minimum Gasteiger partial charge on any atom is -0.497 e. The second kappa shape index (κ2) is 8.84. The average molecular weight is 403 g/mol. The third kappa shape index (κ3) is 4.54. The molecule has 0 saturated carbocycles. The first kappa shape index (κ1) is 21.1. The molecular weight excluding hydrogens is 374 g/mol. The van der Waals surface area contributed by atoms with E-state index in [4.69, 9.17) is 14.2 Å². The van der Waals surface area contributed by atoms with E-state index in [0.717, 1.165) is 10.9 Å². The van der Waals surface area contributed by atoms with Crippen LogP contribution in [0, 0.1) is 0 Å². The average Bonchev–Trinajstić information content (AvgIpc) is 2.92. The van der Waals surface area contributed by atoms with E-state index in [1.54, 1.807) is 25.6 Å². The van der Waals surface area contributed by atoms with Crippen molar-refractivity contribution >= 4 is 28.5 Å². The van der Waals surface area contributed by atoms with Gasteiger partial charge in [0.05, 0.1) is 43.7 Å². The maximum absolute atomic E-state index is 12.8. The van der Waals surface area contributed by atoms with Crippen LogP contribution in [0.15, 0.2) is 18.2 Å². The summed E-state index contributed by atoms with van der Waals surface area (Å²) in [6, 6.07) is 5.49. The van der Waals surface area contributed by atoms with E-state index in [-0.39, 0.29) is 31.3 Å². The molecule has 2 atom stereocenters. The van der Waals surface area contributed by atoms with E-state index >= 15 is 0 Å². The van der Waals surface area contributed by atoms with Gasteiger partial charge in [0.25, 0.3) is 0 Å². The second-order valence-electron chi connectivity index (χ2n) is 7.39. The number of hydrogen-bond donors (Lipinski definition) is 1. The zero-order chi connectivity index (χ0) is 21.1. The van der Waals surface area contributed by atoms with Gasteiger partial charge < -0.3 is 24.1 Å². The summed E-state index contributed by atoms with van der Waals surface area (Å²) in [6.07, 6.45) is 0.145. The van der Waals surface area contributed by atoms with E-state index in [1.807, 2.05) is 32.0 Å². The molecule has 0 unspecified atom stereocenters. The SMILES string of the molecule is CCOC(=O)c1c(NC(=O)CN2C[C@H](C)O[C@@H](C)C2)c2cc(OC)ccc2n1C. The van der Waals surface area contributed by atoms with Gasteiger partial charge in [-0.15, -0.1) is 0 Å². The number of rotatable bonds is 6. The number of aromatic nitrogens is 1. The smallest absolute Gasteiger partial charge is 0.357 e. The summed E-state index contributed by atoms with van der Waals surface area (Å²) >= 11 is 0. The number of amides is 1. The first-order valence-corrected chi connectivity index (χ1v) is 9.85. The van der Waals surface area contributed by atoms with Gasteiger partial charge in [-0.3, -0.25) is 9.69 Å². The van der Waals surface area contributed by atoms with Crippen LogP contribution in [0.1, 0.15) is 31.3 Å². The predicted octanol–water partition coefficient (Wildman–Crippen LogP) is 2.41. The minimum absolute atomic E-state index is 0.0726. The van der Waals surface area contributed by atoms with Crippen molar-refractivity contribution in [3.8, 4) is 5.75 Å². The number of nitrogens with one attached hydrogen (secondary N) is 1. The van der Waals surface area contributed by atoms with Gasteiger partial charge in [0.2, 0.25) is 5.91 Å². The van der Waals surface area contributed by atoms with Gasteiger partial charge >= 0.3 is 5.97 Å². The number of carbonyl (C=O) groups excluding carboxylic acids is 2. The fourth-order valence-corrected chi connectivity index (χ4v) is 3.91. The van der Waals surface area contributed by atoms with Crippen LogP contribution in [0.2, 0.25) is 0 Å². The summed E-state index contributed by atoms with van der Waals surface area (Å²) in [7, 11) is 3.36. The van der Waals surface area contributed by atoms with Gasteiger partial charge in [-0.25, -0.2) is 4.79 Å². The molecule has 29 heavy (non-hydrogen) atoms. The molecule has 1 N–H and O–H groups in total. The van der Waals surface area contributed by atoms with Crippen molar-refractivity contribution in [3.05, 3.63) is 23.9 Å². The van der Waals surface area contributed by atoms with Gasteiger partial charge in [0, 0.05) is 25.5 Å². The molecule has 8 heteroatoms. The number of esters is 1. The van der Waals surface area contributed by atoms with Crippen molar-refractivity contribution in [1.82, 2.24) is 9.47 Å². The molecule has 1 fully saturated rings. The third-order valence-corrected chi connectivity index (χ3v) is 5.00. The Labute approximate surface area is 170 Å². The van der Waals surface area contributed by atoms with E-state index < -0.39 is 5.97 Å². The summed E-state index contributed by atoms with van der Waals surface area (Å²) < 4.78 is 18.0. The Hall–Kier alpha value is -2.58. The molecule has 3 rings (SSSR count). The number of anilines is 1. The number of aryl methyl sites for hydroxylation is 1. The van der Waals surface area contributed by atoms with Crippen LogP contribution in [0.4, 0.5) is 5.69 Å². The van der Waals surface area contributed by atoms with Crippen LogP contribution in [-0.2, 0) is 21.3 Å². The molecule has 2 heterocycles. The lowest BCUT2D eigenvalue weighted by Crippen LogP contribution is -2.48. The molecule has 2 aromatic rings. The van der Waals surface area contributed by atoms with Crippen molar-refractivity contribution in [2.45, 2.75) is 33.0 Å². The summed E-state index contributed by atoms with van der Waals surface area (Å²) in [5, 5.41) is 3.67. The Morgan fingerprint density at radius 2 is 1.93 bits per heavy atom. The molecule has 1 aliphatic rings. The lowest BCUT2D eigenvalue weighted by molar-refractivity contribution is -0.121. The van der Waals surface area contributed by atoms with Crippen molar-refractivity contribution in [3.63, 3.8) is 0 Å². The van der Waals surface area contributed by atoms with E-state index in [0.29, 0.717) is 30.2 Å². The van der Waals surface area contributed by atoms with Crippen LogP contribution in [0.5, 0.6) is 5.75 Å². The fourth-order valence-electron chi connectivity index (χ4n) is 3.91. The molecule has 1 saturated heterocycles. The van der Waals surface area contributed by atoms with Gasteiger partial charge in [-0.1, -0.05) is 0 Å². The van der Waals surface area contributed by atoms with Crippen molar-refractivity contribution in [2.75, 3.05) is 38.7 Å². The van der Waals surface area contributed by atoms with Gasteiger partial charge in [0.15, 0.2) is 5.69 Å². The van der Waals surface area contributed by atoms with Crippen molar-refractivity contribution in [2.24, 2.45) is 7.05 Å². The molecule has 1 aromatic carbocycles. The Morgan fingerprint density at radius 1 is 1.24 bits per heavy atom. The Kier molecular flexibility index (Phi) is 6.44. The lowest BCUT2D eigenvalue weighted by Gasteiger charge is -2.34. The highest BCUT2D eigenvalue weighted by Gasteiger charge is 2.27. The highest BCUT2D eigenvalue weighted by molar-refractivity contribution is 6.12. The first-order chi connectivity index (χ1) is 13.8. The number of hydrogen-bond acceptors (Lipinski definition) is 6. The number of methoxy groups -OCH3 is 1. The van der Waals surface area contributed by atoms with Gasteiger partial charge in [0.1, 0.15) is 5.75 Å². The van der Waals surface area contributed by atoms with Crippen LogP contribution in [0.25, 0.3) is 10.9 Å². The normalized spacial score (nSPS) is 19.9. The highest BCUT2D eigenvalue weighted by atomic mass is 16.5. The third-order valence-electron chi connectivity index (χ3n) is 5.00. The van der Waals surface area contributed by atoms with Gasteiger partial charge in [-0.05, 0) is 39.0 Å². The predicted molar refractivity (Wildman–Crippen MR) is 111 cm³/mol. The molecule has 1 amide bonds. The maximum Gasteiger partial charge on any atom is 0.357 e. The number of carbonyl (C=O) groups is 2. The summed E-state index contributed by atoms with van der Waals surface area (Å²) in [4.78, 5) is 27.5. The summed E-state index contributed by atoms with van der Waals surface area (Å²) in [5.74, 6) is -0.0221. The second-order valence-corrected chi connectivity index (χ2v) is 7.39. The highest BCUT2D eigenvalue weighted by Crippen LogP contribution is 2.33. The molecule has 1 aromatic heterocycles. The number of ether oxygens (including phenoxy) is 3. The molecule has 0 aliphatic carbocycles. The standard InChI is InChI=1S/C21H29N3O5/c1-6-28-21(26)20-19(16-9-15(27-5)7-8-17(16)23(20)4)22-18(25)12-24-10-13(2)29-14(3)11-24/h7-9,13-14H,6,10-12H2,1-5H3,(H,22,25)/t13-,14-/m0/s1. The van der Waals surface area contributed by atoms with Crippen LogP contribution in [-0.4, -0.2) is 66.9 Å². The van der Waals surface area contributed by atoms with E-state index in [9.17, 15) is 9.59 Å². The molecule has 0 radical (unpaired) electrons. The molecule has 158 valence electrons. The van der Waals surface area contributed by atoms with Gasteiger partial charge in [-0.2, -0.15) is 0 Å². The summed E-state index contributed by atoms with van der Waals surface area (Å²) in [6.45, 7) is 7.59. The quantitative estimate of drug-likeness (QED) is 0.746. The topological polar surface area (TPSA) is 82.0 Å². The number of fused-ring (bicyclic) bond motifs is 1. The fraction of sp³-hybridized carbons (Fsp3) is 0.524. The monoisotopic (exact) mass is 403 g/mol. The van der Waals surface area contributed by atoms with E-state index in [1.165, 1.54) is 0 Å². The van der Waals surface area contributed by atoms with Crippen molar-refractivity contribution < 1.29 is 23.8 Å². The number of morpholine rings is 1. The van der Waals surface area contributed by atoms with E-state index in [2.05, 4.69) is 10.2 Å². The van der Waals surface area contributed by atoms with Crippen molar-refractivity contribution in [1.29, 1.82) is 0 Å². The summed E-state index contributed by atoms with van der Waals surface area (Å²) in [5.41, 5.74) is 1.56. The largest absolute Gasteiger partial charge is 0.497 e. The Balaban J connectivity index is 1.92. The van der Waals surface area contributed by atoms with Crippen LogP contribution in [0.3, 0.4) is 0 Å². The lowest BCUT2D eigenvalue weighted by atomic mass is 10.2. The van der Waals surface area contributed by atoms with Crippen LogP contribution < -0.4 is 10.1 Å². The first-order valence-electron chi connectivity index (χ1n) is 9.85. The Morgan fingerprint density at radius 3 is 2.55 bits per heavy atom. The number of nitrogens with zero attached hydrogens (tertiary/aromatic N) is 2. The molecule has 0 bridgehead atoms. The number of benzene rings is 1. The minimum atomic E-state index is -0.478. The Bertz CT molecular complexity index is 897. The van der Waals surface area contributed by atoms with Crippen LogP contribution >= 0.6 is 0 Å². The molecule has 8 nitrogen and oxygen atoms in total. The molecule has 1 aliphatic heterocycles. The zero-order valence-electron chi connectivity index (χ0n) is 17.7. The molecular formula is C21H29N3O5. The maximum atomic E-state index is 12.8. The molecule has 0 spiro atoms. The zero-order valence-corrected chi connectivity index (χ0v) is 17.7.